The molecule has 0 saturated carbocycles. The highest BCUT2D eigenvalue weighted by Crippen LogP contribution is 2.36. The lowest BCUT2D eigenvalue weighted by Crippen LogP contribution is -2.29. The minimum Gasteiger partial charge on any atom is -0.338 e. The molecule has 0 unspecified atom stereocenters. The van der Waals surface area contributed by atoms with E-state index in [1.54, 1.807) is 4.68 Å². The molecular weight excluding hydrogens is 316 g/mol. The largest absolute Gasteiger partial charge is 0.338 e. The summed E-state index contributed by atoms with van der Waals surface area (Å²) in [5, 5.41) is 7.78. The van der Waals surface area contributed by atoms with Gasteiger partial charge in [0, 0.05) is 69.4 Å². The monoisotopic (exact) mass is 338 g/mol. The van der Waals surface area contributed by atoms with E-state index in [1.165, 1.54) is 0 Å². The number of nitrogens with zero attached hydrogens (tertiary/aromatic N) is 5. The van der Waals surface area contributed by atoms with Gasteiger partial charge in [-0.1, -0.05) is 6.07 Å². The number of aromatic nitrogens is 4. The van der Waals surface area contributed by atoms with Crippen molar-refractivity contribution in [3.05, 3.63) is 54.2 Å². The fraction of sp³-hybridized carbons (Fsp3) is 0.389. The van der Waals surface area contributed by atoms with Crippen molar-refractivity contribution in [3.8, 4) is 0 Å². The molecule has 25 heavy (non-hydrogen) atoms. The van der Waals surface area contributed by atoms with E-state index in [0.717, 1.165) is 30.0 Å². The summed E-state index contributed by atoms with van der Waals surface area (Å²) in [5.41, 5.74) is 3.20. The van der Waals surface area contributed by atoms with Crippen LogP contribution in [0.4, 0.5) is 0 Å². The van der Waals surface area contributed by atoms with Gasteiger partial charge < -0.3 is 14.6 Å². The standard InChI is InChI=1S/C18H22N6O/c1-22-12-14(10-21-22)18-13(8-17(25)23(18)2)9-19-11-15-4-3-5-16-20-6-7-24(15)16/h3-7,10,12-13,18-19H,8-9,11H2,1-2H3/t13-,18+/m0/s1. The highest BCUT2D eigenvalue weighted by molar-refractivity contribution is 5.79. The molecule has 0 aromatic carbocycles. The Hall–Kier alpha value is -2.67. The predicted molar refractivity (Wildman–Crippen MR) is 93.7 cm³/mol. The number of amides is 1. The molecule has 1 aliphatic rings. The van der Waals surface area contributed by atoms with Gasteiger partial charge in [0.1, 0.15) is 5.65 Å². The maximum Gasteiger partial charge on any atom is 0.223 e. The molecule has 7 heteroatoms. The van der Waals surface area contributed by atoms with Gasteiger partial charge in [0.15, 0.2) is 0 Å². The van der Waals surface area contributed by atoms with Crippen LogP contribution in [0.15, 0.2) is 43.0 Å². The van der Waals surface area contributed by atoms with Gasteiger partial charge in [0.2, 0.25) is 5.91 Å². The second-order valence-electron chi connectivity index (χ2n) is 6.66. The molecule has 0 aliphatic carbocycles. The van der Waals surface area contributed by atoms with Gasteiger partial charge in [-0.2, -0.15) is 5.10 Å². The van der Waals surface area contributed by atoms with Gasteiger partial charge in [-0.05, 0) is 12.1 Å². The van der Waals surface area contributed by atoms with Crippen LogP contribution in [-0.2, 0) is 18.4 Å². The highest BCUT2D eigenvalue weighted by atomic mass is 16.2. The number of carbonyl (C=O) groups is 1. The Morgan fingerprint density at radius 1 is 1.32 bits per heavy atom. The van der Waals surface area contributed by atoms with Crippen molar-refractivity contribution in [1.82, 2.24) is 29.4 Å². The summed E-state index contributed by atoms with van der Waals surface area (Å²) in [5.74, 6) is 0.432. The SMILES string of the molecule is CN1C(=O)C[C@@H](CNCc2cccc3nccn23)[C@@H]1c1cnn(C)c1. The third-order valence-corrected chi connectivity index (χ3v) is 4.99. The van der Waals surface area contributed by atoms with Crippen LogP contribution >= 0.6 is 0 Å². The normalized spacial score (nSPS) is 20.7. The Morgan fingerprint density at radius 2 is 2.20 bits per heavy atom. The Kier molecular flexibility index (Phi) is 4.01. The molecule has 2 atom stereocenters. The number of carbonyl (C=O) groups excluding carboxylic acids is 1. The van der Waals surface area contributed by atoms with E-state index in [9.17, 15) is 4.79 Å². The number of imidazole rings is 1. The first-order chi connectivity index (χ1) is 12.1. The molecule has 3 aromatic heterocycles. The van der Waals surface area contributed by atoms with Gasteiger partial charge >= 0.3 is 0 Å². The lowest BCUT2D eigenvalue weighted by molar-refractivity contribution is -0.127. The van der Waals surface area contributed by atoms with Gasteiger partial charge in [-0.25, -0.2) is 4.98 Å². The molecule has 1 amide bonds. The zero-order valence-corrected chi connectivity index (χ0v) is 14.5. The number of rotatable bonds is 5. The Bertz CT molecular complexity index is 898. The van der Waals surface area contributed by atoms with Crippen LogP contribution in [0.5, 0.6) is 0 Å². The maximum absolute atomic E-state index is 12.2. The second-order valence-corrected chi connectivity index (χ2v) is 6.66. The Morgan fingerprint density at radius 3 is 3.00 bits per heavy atom. The fourth-order valence-corrected chi connectivity index (χ4v) is 3.76. The lowest BCUT2D eigenvalue weighted by atomic mass is 9.95. The molecule has 3 aromatic rings. The van der Waals surface area contributed by atoms with Gasteiger partial charge in [0.05, 0.1) is 12.2 Å². The second kappa shape index (κ2) is 6.33. The van der Waals surface area contributed by atoms with Gasteiger partial charge in [-0.3, -0.25) is 9.48 Å². The number of aryl methyl sites for hydroxylation is 1. The summed E-state index contributed by atoms with van der Waals surface area (Å²) < 4.78 is 3.87. The van der Waals surface area contributed by atoms with Crippen LogP contribution in [0.25, 0.3) is 5.65 Å². The van der Waals surface area contributed by atoms with E-state index in [-0.39, 0.29) is 17.9 Å². The van der Waals surface area contributed by atoms with Crippen LogP contribution in [0.1, 0.15) is 23.7 Å². The summed E-state index contributed by atoms with van der Waals surface area (Å²) in [4.78, 5) is 18.4. The van der Waals surface area contributed by atoms with Crippen molar-refractivity contribution < 1.29 is 4.79 Å². The minimum absolute atomic E-state index is 0.0812. The summed E-state index contributed by atoms with van der Waals surface area (Å²) in [6.07, 6.45) is 8.20. The molecule has 1 aliphatic heterocycles. The molecule has 0 spiro atoms. The Labute approximate surface area is 146 Å². The van der Waals surface area contributed by atoms with Crippen molar-refractivity contribution in [3.63, 3.8) is 0 Å². The number of likely N-dealkylation sites (tertiary alicyclic amines) is 1. The van der Waals surface area contributed by atoms with Gasteiger partial charge in [-0.15, -0.1) is 0 Å². The van der Waals surface area contributed by atoms with E-state index in [1.807, 2.05) is 55.9 Å². The van der Waals surface area contributed by atoms with Crippen molar-refractivity contribution in [2.75, 3.05) is 13.6 Å². The average Bonchev–Trinajstić information content (AvgIpc) is 3.29. The van der Waals surface area contributed by atoms with Crippen LogP contribution < -0.4 is 5.32 Å². The molecule has 1 fully saturated rings. The van der Waals surface area contributed by atoms with E-state index < -0.39 is 0 Å². The zero-order chi connectivity index (χ0) is 17.4. The smallest absolute Gasteiger partial charge is 0.223 e. The number of fused-ring (bicyclic) bond motifs is 1. The topological polar surface area (TPSA) is 67.5 Å². The zero-order valence-electron chi connectivity index (χ0n) is 14.5. The highest BCUT2D eigenvalue weighted by Gasteiger charge is 2.38. The first-order valence-electron chi connectivity index (χ1n) is 8.49. The van der Waals surface area contributed by atoms with E-state index in [0.29, 0.717) is 6.42 Å². The fourth-order valence-electron chi connectivity index (χ4n) is 3.76. The average molecular weight is 338 g/mol. The van der Waals surface area contributed by atoms with Crippen molar-refractivity contribution >= 4 is 11.6 Å². The molecule has 7 nitrogen and oxygen atoms in total. The van der Waals surface area contributed by atoms with Crippen LogP contribution in [-0.4, -0.2) is 43.6 Å². The van der Waals surface area contributed by atoms with Gasteiger partial charge in [0.25, 0.3) is 0 Å². The number of pyridine rings is 1. The molecule has 0 radical (unpaired) electrons. The molecule has 4 heterocycles. The maximum atomic E-state index is 12.2. The van der Waals surface area contributed by atoms with Crippen molar-refractivity contribution in [2.45, 2.75) is 19.0 Å². The summed E-state index contributed by atoms with van der Waals surface area (Å²) >= 11 is 0. The third kappa shape index (κ3) is 2.91. The molecule has 1 N–H and O–H groups in total. The molecular formula is C18H22N6O. The number of hydrogen-bond donors (Lipinski definition) is 1. The molecule has 0 bridgehead atoms. The van der Waals surface area contributed by atoms with Crippen LogP contribution in [0.2, 0.25) is 0 Å². The van der Waals surface area contributed by atoms with E-state index in [4.69, 9.17) is 0 Å². The lowest BCUT2D eigenvalue weighted by Gasteiger charge is -2.24. The molecule has 4 rings (SSSR count). The van der Waals surface area contributed by atoms with Crippen molar-refractivity contribution in [1.29, 1.82) is 0 Å². The summed E-state index contributed by atoms with van der Waals surface area (Å²) in [6, 6.07) is 6.18. The first kappa shape index (κ1) is 15.8. The predicted octanol–water partition coefficient (Wildman–Crippen LogP) is 1.38. The van der Waals surface area contributed by atoms with Crippen LogP contribution in [0.3, 0.4) is 0 Å². The van der Waals surface area contributed by atoms with E-state index >= 15 is 0 Å². The summed E-state index contributed by atoms with van der Waals surface area (Å²) in [6.45, 7) is 1.52. The van der Waals surface area contributed by atoms with Crippen LogP contribution in [0, 0.1) is 5.92 Å². The first-order valence-corrected chi connectivity index (χ1v) is 8.49. The summed E-state index contributed by atoms with van der Waals surface area (Å²) in [7, 11) is 3.78. The molecule has 130 valence electrons. The Balaban J connectivity index is 1.46. The molecule has 1 saturated heterocycles. The quantitative estimate of drug-likeness (QED) is 0.763. The number of hydrogen-bond acceptors (Lipinski definition) is 4. The minimum atomic E-state index is 0.0812. The van der Waals surface area contributed by atoms with Crippen molar-refractivity contribution in [2.24, 2.45) is 13.0 Å². The van der Waals surface area contributed by atoms with E-state index in [2.05, 4.69) is 25.9 Å². The third-order valence-electron chi connectivity index (χ3n) is 4.99. The number of nitrogens with one attached hydrogen (secondary N) is 1.